The zero-order valence-corrected chi connectivity index (χ0v) is 13.1. The highest BCUT2D eigenvalue weighted by molar-refractivity contribution is 5.97. The van der Waals surface area contributed by atoms with E-state index in [0.29, 0.717) is 25.8 Å². The van der Waals surface area contributed by atoms with Crippen molar-refractivity contribution in [3.05, 3.63) is 0 Å². The van der Waals surface area contributed by atoms with E-state index in [1.807, 2.05) is 0 Å². The van der Waals surface area contributed by atoms with Gasteiger partial charge < -0.3 is 31.5 Å². The lowest BCUT2D eigenvalue weighted by molar-refractivity contribution is -0.151. The molecule has 0 saturated carbocycles. The Kier molecular flexibility index (Phi) is 4.92. The molecule has 0 aromatic heterocycles. The van der Waals surface area contributed by atoms with Gasteiger partial charge >= 0.3 is 0 Å². The third-order valence-electron chi connectivity index (χ3n) is 4.86. The highest BCUT2D eigenvalue weighted by atomic mass is 16.3. The van der Waals surface area contributed by atoms with Gasteiger partial charge in [0.2, 0.25) is 17.7 Å². The number of likely N-dealkylation sites (tertiary alicyclic amines) is 2. The van der Waals surface area contributed by atoms with Crippen LogP contribution in [0.4, 0.5) is 0 Å². The van der Waals surface area contributed by atoms with Crippen LogP contribution in [-0.4, -0.2) is 81.2 Å². The molecule has 0 aliphatic carbocycles. The Morgan fingerprint density at radius 1 is 1.35 bits per heavy atom. The number of carbonyl (C=O) groups excluding carboxylic acids is 3. The van der Waals surface area contributed by atoms with Crippen molar-refractivity contribution in [1.82, 2.24) is 9.80 Å². The standard InChI is InChI=1S/C14H24N4O5/c1-8(20)10(15)12(22)18-5-2-3-14(18)4-6-17(13(14)23)9(7-19)11(16)21/h8-10,19-20H,2-7,15H2,1H3,(H2,16,21)/t8-,9+,10+,14?/m1/s1. The Morgan fingerprint density at radius 2 is 2.00 bits per heavy atom. The fraction of sp³-hybridized carbons (Fsp3) is 0.786. The van der Waals surface area contributed by atoms with Gasteiger partial charge in [0, 0.05) is 13.1 Å². The summed E-state index contributed by atoms with van der Waals surface area (Å²) in [6, 6.07) is -2.19. The number of primary amides is 1. The Hall–Kier alpha value is -1.71. The summed E-state index contributed by atoms with van der Waals surface area (Å²) >= 11 is 0. The molecule has 6 N–H and O–H groups in total. The summed E-state index contributed by atoms with van der Waals surface area (Å²) in [4.78, 5) is 39.4. The maximum atomic E-state index is 12.9. The minimum Gasteiger partial charge on any atom is -0.394 e. The average Bonchev–Trinajstić information content (AvgIpc) is 3.06. The molecule has 130 valence electrons. The van der Waals surface area contributed by atoms with Gasteiger partial charge in [0.25, 0.3) is 0 Å². The first kappa shape index (κ1) is 17.6. The van der Waals surface area contributed by atoms with Crippen LogP contribution in [0.1, 0.15) is 26.2 Å². The topological polar surface area (TPSA) is 150 Å². The van der Waals surface area contributed by atoms with Gasteiger partial charge in [0.05, 0.1) is 12.7 Å². The summed E-state index contributed by atoms with van der Waals surface area (Å²) in [5, 5.41) is 18.9. The number of aliphatic hydroxyl groups is 2. The number of hydrogen-bond acceptors (Lipinski definition) is 6. The van der Waals surface area contributed by atoms with Crippen LogP contribution in [0.25, 0.3) is 0 Å². The van der Waals surface area contributed by atoms with Crippen LogP contribution in [0.3, 0.4) is 0 Å². The van der Waals surface area contributed by atoms with E-state index in [1.54, 1.807) is 0 Å². The number of carbonyl (C=O) groups is 3. The maximum Gasteiger partial charge on any atom is 0.249 e. The molecule has 0 radical (unpaired) electrons. The van der Waals surface area contributed by atoms with E-state index < -0.39 is 42.1 Å². The molecule has 2 heterocycles. The van der Waals surface area contributed by atoms with Crippen molar-refractivity contribution >= 4 is 17.7 Å². The molecule has 2 aliphatic heterocycles. The monoisotopic (exact) mass is 328 g/mol. The molecule has 9 heteroatoms. The Balaban J connectivity index is 2.26. The van der Waals surface area contributed by atoms with E-state index in [2.05, 4.69) is 0 Å². The summed E-state index contributed by atoms with van der Waals surface area (Å²) in [6.07, 6.45) is 0.437. The molecule has 2 rings (SSSR count). The number of amides is 3. The molecule has 0 aromatic carbocycles. The molecule has 23 heavy (non-hydrogen) atoms. The summed E-state index contributed by atoms with van der Waals surface area (Å²) in [5.74, 6) is -1.65. The van der Waals surface area contributed by atoms with E-state index in [1.165, 1.54) is 16.7 Å². The van der Waals surface area contributed by atoms with E-state index in [-0.39, 0.29) is 12.5 Å². The maximum absolute atomic E-state index is 12.9. The van der Waals surface area contributed by atoms with Gasteiger partial charge in [-0.15, -0.1) is 0 Å². The van der Waals surface area contributed by atoms with Crippen molar-refractivity contribution in [3.8, 4) is 0 Å². The molecular formula is C14H24N4O5. The Bertz CT molecular complexity index is 511. The predicted octanol–water partition coefficient (Wildman–Crippen LogP) is -2.87. The number of hydrogen-bond donors (Lipinski definition) is 4. The lowest BCUT2D eigenvalue weighted by atomic mass is 9.93. The zero-order chi connectivity index (χ0) is 17.4. The molecule has 1 unspecified atom stereocenters. The van der Waals surface area contributed by atoms with E-state index in [4.69, 9.17) is 11.5 Å². The molecule has 4 atom stereocenters. The van der Waals surface area contributed by atoms with Crippen LogP contribution < -0.4 is 11.5 Å². The Labute approximate surface area is 134 Å². The molecule has 2 saturated heterocycles. The number of nitrogens with two attached hydrogens (primary N) is 2. The van der Waals surface area contributed by atoms with Crippen LogP contribution in [0.15, 0.2) is 0 Å². The van der Waals surface area contributed by atoms with Gasteiger partial charge in [-0.25, -0.2) is 0 Å². The van der Waals surface area contributed by atoms with E-state index >= 15 is 0 Å². The van der Waals surface area contributed by atoms with Crippen molar-refractivity contribution in [2.24, 2.45) is 11.5 Å². The molecule has 2 fully saturated rings. The summed E-state index contributed by atoms with van der Waals surface area (Å²) in [5.41, 5.74) is 9.91. The quantitative estimate of drug-likeness (QED) is 0.426. The smallest absolute Gasteiger partial charge is 0.249 e. The summed E-state index contributed by atoms with van der Waals surface area (Å²) in [6.45, 7) is 1.47. The molecular weight excluding hydrogens is 304 g/mol. The zero-order valence-electron chi connectivity index (χ0n) is 13.1. The van der Waals surface area contributed by atoms with E-state index in [0.717, 1.165) is 0 Å². The second-order valence-electron chi connectivity index (χ2n) is 6.24. The Morgan fingerprint density at radius 3 is 2.52 bits per heavy atom. The van der Waals surface area contributed by atoms with Crippen LogP contribution in [0.5, 0.6) is 0 Å². The fourth-order valence-electron chi connectivity index (χ4n) is 3.49. The number of rotatable bonds is 5. The van der Waals surface area contributed by atoms with Crippen molar-refractivity contribution in [2.75, 3.05) is 19.7 Å². The van der Waals surface area contributed by atoms with Gasteiger partial charge in [0.15, 0.2) is 0 Å². The average molecular weight is 328 g/mol. The highest BCUT2D eigenvalue weighted by Crippen LogP contribution is 2.39. The van der Waals surface area contributed by atoms with Crippen molar-refractivity contribution in [1.29, 1.82) is 0 Å². The first-order valence-corrected chi connectivity index (χ1v) is 7.72. The molecule has 9 nitrogen and oxygen atoms in total. The normalized spacial score (nSPS) is 28.3. The van der Waals surface area contributed by atoms with Gasteiger partial charge in [0.1, 0.15) is 17.6 Å². The summed E-state index contributed by atoms with van der Waals surface area (Å²) < 4.78 is 0. The minimum atomic E-state index is -1.10. The van der Waals surface area contributed by atoms with Gasteiger partial charge in [-0.1, -0.05) is 0 Å². The third-order valence-corrected chi connectivity index (χ3v) is 4.86. The fourth-order valence-corrected chi connectivity index (χ4v) is 3.49. The molecule has 2 aliphatic rings. The van der Waals surface area contributed by atoms with Crippen molar-refractivity contribution in [3.63, 3.8) is 0 Å². The van der Waals surface area contributed by atoms with Gasteiger partial charge in [-0.2, -0.15) is 0 Å². The lowest BCUT2D eigenvalue weighted by Gasteiger charge is -2.36. The lowest BCUT2D eigenvalue weighted by Crippen LogP contribution is -2.60. The molecule has 0 bridgehead atoms. The predicted molar refractivity (Wildman–Crippen MR) is 79.7 cm³/mol. The largest absolute Gasteiger partial charge is 0.394 e. The summed E-state index contributed by atoms with van der Waals surface area (Å²) in [7, 11) is 0. The molecule has 0 aromatic rings. The molecule has 1 spiro atoms. The van der Waals surface area contributed by atoms with Crippen LogP contribution in [0, 0.1) is 0 Å². The second-order valence-corrected chi connectivity index (χ2v) is 6.24. The molecule has 3 amide bonds. The third kappa shape index (κ3) is 2.79. The minimum absolute atomic E-state index is 0.237. The SMILES string of the molecule is C[C@@H](O)[C@H](N)C(=O)N1CCCC12CCN([C@@H](CO)C(N)=O)C2=O. The van der Waals surface area contributed by atoms with Crippen LogP contribution in [-0.2, 0) is 14.4 Å². The van der Waals surface area contributed by atoms with Crippen LogP contribution >= 0.6 is 0 Å². The van der Waals surface area contributed by atoms with Gasteiger partial charge in [-0.3, -0.25) is 14.4 Å². The number of nitrogens with zero attached hydrogens (tertiary/aromatic N) is 2. The number of aliphatic hydroxyl groups excluding tert-OH is 2. The van der Waals surface area contributed by atoms with Gasteiger partial charge in [-0.05, 0) is 26.2 Å². The first-order chi connectivity index (χ1) is 10.8. The van der Waals surface area contributed by atoms with E-state index in [9.17, 15) is 24.6 Å². The van der Waals surface area contributed by atoms with Crippen LogP contribution in [0.2, 0.25) is 0 Å². The van der Waals surface area contributed by atoms with Crippen molar-refractivity contribution in [2.45, 2.75) is 49.9 Å². The first-order valence-electron chi connectivity index (χ1n) is 7.72. The highest BCUT2D eigenvalue weighted by Gasteiger charge is 2.57. The second kappa shape index (κ2) is 6.42. The van der Waals surface area contributed by atoms with Crippen molar-refractivity contribution < 1.29 is 24.6 Å².